The van der Waals surface area contributed by atoms with E-state index in [0.717, 1.165) is 37.3 Å². The molecule has 3 fully saturated rings. The second kappa shape index (κ2) is 13.1. The molecule has 0 aromatic heterocycles. The number of carbonyl (C=O) groups is 3. The van der Waals surface area contributed by atoms with E-state index in [9.17, 15) is 19.5 Å². The molecular weight excluding hydrogens is 560 g/mol. The van der Waals surface area contributed by atoms with Gasteiger partial charge in [0.1, 0.15) is 6.04 Å². The molecule has 0 radical (unpaired) electrons. The average molecular weight is 611 g/mol. The van der Waals surface area contributed by atoms with Crippen molar-refractivity contribution in [2.75, 3.05) is 49.6 Å². The molecule has 3 saturated heterocycles. The number of thioether (sulfide) groups is 1. The van der Waals surface area contributed by atoms with Gasteiger partial charge in [-0.2, -0.15) is 0 Å². The van der Waals surface area contributed by atoms with Crippen molar-refractivity contribution in [3.05, 3.63) is 49.6 Å². The number of carbonyl (C=O) groups excluding carboxylic acids is 3. The number of likely N-dealkylation sites (N-methyl/N-ethyl adjacent to an activating group) is 1. The first-order valence-corrected chi connectivity index (χ1v) is 16.6. The van der Waals surface area contributed by atoms with Crippen LogP contribution in [0.25, 0.3) is 0 Å². The molecule has 9 heteroatoms. The third-order valence-corrected chi connectivity index (χ3v) is 12.2. The van der Waals surface area contributed by atoms with Crippen LogP contribution in [0.15, 0.2) is 49.6 Å². The summed E-state index contributed by atoms with van der Waals surface area (Å²) in [6, 6.07) is 6.63. The Hall–Kier alpha value is -2.78. The SMILES string of the molecule is C=CCN(C)C(=O)[C@H]1[C@H]2C(=O)N([C@@H](CO)[C@@H](C)CC)C(C(=O)N(CC=C)c3ccc(N(CC)CC)cc3)C23CC[C@]1(C)S3. The predicted octanol–water partition coefficient (Wildman–Crippen LogP) is 4.58. The number of fused-ring (bicyclic) bond motifs is 1. The number of anilines is 2. The Kier molecular flexibility index (Phi) is 10.1. The Morgan fingerprint density at radius 2 is 1.67 bits per heavy atom. The number of aliphatic hydroxyl groups excluding tert-OH is 1. The lowest BCUT2D eigenvalue weighted by Gasteiger charge is -2.41. The van der Waals surface area contributed by atoms with Gasteiger partial charge in [-0.05, 0) is 63.8 Å². The van der Waals surface area contributed by atoms with E-state index >= 15 is 0 Å². The maximum absolute atomic E-state index is 15.0. The fraction of sp³-hybridized carbons (Fsp3) is 0.618. The van der Waals surface area contributed by atoms with E-state index in [2.05, 4.69) is 38.8 Å². The van der Waals surface area contributed by atoms with Gasteiger partial charge >= 0.3 is 0 Å². The first kappa shape index (κ1) is 33.1. The van der Waals surface area contributed by atoms with E-state index in [4.69, 9.17) is 0 Å². The van der Waals surface area contributed by atoms with Gasteiger partial charge in [0.2, 0.25) is 11.8 Å². The predicted molar refractivity (Wildman–Crippen MR) is 176 cm³/mol. The van der Waals surface area contributed by atoms with Crippen LogP contribution < -0.4 is 9.80 Å². The van der Waals surface area contributed by atoms with Crippen LogP contribution in [0.4, 0.5) is 11.4 Å². The van der Waals surface area contributed by atoms with Crippen molar-refractivity contribution < 1.29 is 19.5 Å². The highest BCUT2D eigenvalue weighted by molar-refractivity contribution is 8.02. The molecule has 2 unspecified atom stereocenters. The van der Waals surface area contributed by atoms with Crippen LogP contribution in [-0.2, 0) is 14.4 Å². The molecule has 0 aliphatic carbocycles. The lowest BCUT2D eigenvalue weighted by Crippen LogP contribution is -2.58. The number of benzene rings is 1. The van der Waals surface area contributed by atoms with Crippen LogP contribution in [0.3, 0.4) is 0 Å². The second-order valence-corrected chi connectivity index (χ2v) is 14.4. The first-order chi connectivity index (χ1) is 20.5. The summed E-state index contributed by atoms with van der Waals surface area (Å²) in [5.74, 6) is -1.68. The Balaban J connectivity index is 1.83. The number of hydrogen-bond donors (Lipinski definition) is 1. The lowest BCUT2D eigenvalue weighted by atomic mass is 9.66. The van der Waals surface area contributed by atoms with E-state index < -0.39 is 33.4 Å². The average Bonchev–Trinajstić information content (AvgIpc) is 3.57. The van der Waals surface area contributed by atoms with E-state index in [1.54, 1.807) is 45.7 Å². The number of likely N-dealkylation sites (tertiary alicyclic amines) is 1. The summed E-state index contributed by atoms with van der Waals surface area (Å²) in [5.41, 5.74) is 1.82. The molecule has 1 N–H and O–H groups in total. The molecule has 2 bridgehead atoms. The minimum atomic E-state index is -0.812. The molecule has 236 valence electrons. The lowest BCUT2D eigenvalue weighted by molar-refractivity contribution is -0.146. The van der Waals surface area contributed by atoms with Gasteiger partial charge in [0, 0.05) is 49.3 Å². The fourth-order valence-electron chi connectivity index (χ4n) is 7.74. The monoisotopic (exact) mass is 610 g/mol. The summed E-state index contributed by atoms with van der Waals surface area (Å²) < 4.78 is -1.23. The van der Waals surface area contributed by atoms with Gasteiger partial charge < -0.3 is 24.7 Å². The zero-order valence-electron chi connectivity index (χ0n) is 26.8. The Bertz CT molecular complexity index is 1220. The molecule has 3 aliphatic rings. The Labute approximate surface area is 262 Å². The minimum absolute atomic E-state index is 0.0314. The topological polar surface area (TPSA) is 84.4 Å². The van der Waals surface area contributed by atoms with Gasteiger partial charge in [-0.3, -0.25) is 14.4 Å². The van der Waals surface area contributed by atoms with E-state index in [1.165, 1.54) is 0 Å². The number of amides is 3. The van der Waals surface area contributed by atoms with Crippen molar-refractivity contribution in [2.24, 2.45) is 17.8 Å². The van der Waals surface area contributed by atoms with Crippen LogP contribution in [0.5, 0.6) is 0 Å². The summed E-state index contributed by atoms with van der Waals surface area (Å²) in [5, 5.41) is 10.7. The van der Waals surface area contributed by atoms with Gasteiger partial charge in [0.15, 0.2) is 0 Å². The van der Waals surface area contributed by atoms with Gasteiger partial charge in [-0.15, -0.1) is 24.9 Å². The van der Waals surface area contributed by atoms with Crippen LogP contribution in [0, 0.1) is 17.8 Å². The standard InChI is InChI=1S/C34H50N4O4S/c1-9-20-35(8)30(40)27-28-31(41)38(26(22-39)23(6)11-3)29(34(28)19-18-33(27,7)43-34)32(42)37(21-10-2)25-16-14-24(15-17-25)36(12-4)13-5/h9-10,14-17,23,26-29,39H,1-2,11-13,18-22H2,3-8H3/t23-,26-,27+,28-,29?,33-,34?/m0/s1. The molecule has 3 heterocycles. The maximum atomic E-state index is 15.0. The number of aliphatic hydroxyl groups is 1. The number of nitrogens with zero attached hydrogens (tertiary/aromatic N) is 4. The largest absolute Gasteiger partial charge is 0.394 e. The highest BCUT2D eigenvalue weighted by atomic mass is 32.2. The van der Waals surface area contributed by atoms with Crippen molar-refractivity contribution in [2.45, 2.75) is 75.5 Å². The van der Waals surface area contributed by atoms with Crippen molar-refractivity contribution in [1.82, 2.24) is 9.80 Å². The second-order valence-electron chi connectivity index (χ2n) is 12.5. The highest BCUT2D eigenvalue weighted by Crippen LogP contribution is 2.72. The molecular formula is C34H50N4O4S. The quantitative estimate of drug-likeness (QED) is 0.311. The molecule has 8 nitrogen and oxygen atoms in total. The Morgan fingerprint density at radius 3 is 2.21 bits per heavy atom. The molecule has 3 amide bonds. The van der Waals surface area contributed by atoms with Gasteiger partial charge in [-0.1, -0.05) is 32.4 Å². The number of rotatable bonds is 14. The van der Waals surface area contributed by atoms with Gasteiger partial charge in [0.25, 0.3) is 5.91 Å². The van der Waals surface area contributed by atoms with Gasteiger partial charge in [-0.25, -0.2) is 0 Å². The minimum Gasteiger partial charge on any atom is -0.394 e. The summed E-state index contributed by atoms with van der Waals surface area (Å²) in [6.07, 6.45) is 5.54. The van der Waals surface area contributed by atoms with Crippen LogP contribution in [0.1, 0.15) is 53.9 Å². The summed E-state index contributed by atoms with van der Waals surface area (Å²) in [6.45, 7) is 20.3. The molecule has 4 rings (SSSR count). The molecule has 1 spiro atoms. The smallest absolute Gasteiger partial charge is 0.251 e. The molecule has 7 atom stereocenters. The van der Waals surface area contributed by atoms with Gasteiger partial charge in [0.05, 0.1) is 29.2 Å². The fourth-order valence-corrected chi connectivity index (χ4v) is 10.1. The van der Waals surface area contributed by atoms with Crippen molar-refractivity contribution in [3.63, 3.8) is 0 Å². The highest BCUT2D eigenvalue weighted by Gasteiger charge is 2.78. The van der Waals surface area contributed by atoms with Crippen molar-refractivity contribution >= 4 is 40.9 Å². The molecule has 1 aromatic carbocycles. The van der Waals surface area contributed by atoms with E-state index in [1.807, 2.05) is 38.1 Å². The normalized spacial score (nSPS) is 28.8. The van der Waals surface area contributed by atoms with Crippen molar-refractivity contribution in [1.29, 1.82) is 0 Å². The molecule has 3 aliphatic heterocycles. The molecule has 43 heavy (non-hydrogen) atoms. The summed E-state index contributed by atoms with van der Waals surface area (Å²) >= 11 is 1.66. The molecule has 1 aromatic rings. The van der Waals surface area contributed by atoms with Crippen molar-refractivity contribution in [3.8, 4) is 0 Å². The Morgan fingerprint density at radius 1 is 1.07 bits per heavy atom. The number of hydrogen-bond acceptors (Lipinski definition) is 6. The summed E-state index contributed by atoms with van der Waals surface area (Å²) in [4.78, 5) is 50.9. The maximum Gasteiger partial charge on any atom is 0.251 e. The zero-order chi connectivity index (χ0) is 31.7. The molecule has 0 saturated carbocycles. The summed E-state index contributed by atoms with van der Waals surface area (Å²) in [7, 11) is 1.75. The first-order valence-electron chi connectivity index (χ1n) is 15.8. The van der Waals surface area contributed by atoms with Crippen LogP contribution >= 0.6 is 11.8 Å². The van der Waals surface area contributed by atoms with Crippen LogP contribution in [0.2, 0.25) is 0 Å². The van der Waals surface area contributed by atoms with Crippen LogP contribution in [-0.4, -0.2) is 94.0 Å². The third-order valence-electron chi connectivity index (χ3n) is 10.2. The van der Waals surface area contributed by atoms with E-state index in [-0.39, 0.29) is 36.8 Å². The third kappa shape index (κ3) is 5.41. The zero-order valence-corrected chi connectivity index (χ0v) is 27.6. The van der Waals surface area contributed by atoms with E-state index in [0.29, 0.717) is 13.0 Å².